The maximum atomic E-state index is 13.0. The second kappa shape index (κ2) is 4.29. The summed E-state index contributed by atoms with van der Waals surface area (Å²) in [6.45, 7) is 1.14. The molecule has 1 heterocycles. The molecule has 0 radical (unpaired) electrons. The van der Waals surface area contributed by atoms with Crippen LogP contribution in [0.5, 0.6) is 0 Å². The number of aromatic nitrogens is 2. The van der Waals surface area contributed by atoms with Crippen molar-refractivity contribution >= 4 is 5.97 Å². The molecule has 1 aromatic rings. The number of fused-ring (bicyclic) bond motifs is 1. The van der Waals surface area contributed by atoms with Crippen LogP contribution >= 0.6 is 0 Å². The van der Waals surface area contributed by atoms with Crippen molar-refractivity contribution in [2.45, 2.75) is 44.8 Å². The van der Waals surface area contributed by atoms with Crippen LogP contribution in [0.1, 0.15) is 42.6 Å². The van der Waals surface area contributed by atoms with Crippen molar-refractivity contribution in [3.05, 3.63) is 17.0 Å². The van der Waals surface area contributed by atoms with Crippen molar-refractivity contribution in [2.75, 3.05) is 0 Å². The Hall–Kier alpha value is -1.53. The fraction of sp³-hybridized carbons (Fsp3) is 0.636. The van der Waals surface area contributed by atoms with Gasteiger partial charge >= 0.3 is 12.1 Å². The monoisotopic (exact) mass is 262 g/mol. The molecule has 0 bridgehead atoms. The first-order chi connectivity index (χ1) is 8.34. The number of alkyl halides is 3. The topological polar surface area (TPSA) is 55.1 Å². The maximum Gasteiger partial charge on any atom is 0.433 e. The fourth-order valence-electron chi connectivity index (χ4n) is 2.50. The zero-order valence-corrected chi connectivity index (χ0v) is 9.79. The molecule has 0 aliphatic heterocycles. The summed E-state index contributed by atoms with van der Waals surface area (Å²) in [4.78, 5) is 10.6. The van der Waals surface area contributed by atoms with E-state index in [9.17, 15) is 18.0 Å². The van der Waals surface area contributed by atoms with E-state index in [4.69, 9.17) is 5.11 Å². The first-order valence-corrected chi connectivity index (χ1v) is 5.73. The van der Waals surface area contributed by atoms with E-state index in [0.717, 1.165) is 0 Å². The van der Waals surface area contributed by atoms with E-state index in [-0.39, 0.29) is 11.5 Å². The average Bonchev–Trinajstić information content (AvgIpc) is 2.72. The van der Waals surface area contributed by atoms with E-state index >= 15 is 0 Å². The second-order valence-electron chi connectivity index (χ2n) is 4.41. The van der Waals surface area contributed by atoms with E-state index in [1.54, 1.807) is 0 Å². The molecular weight excluding hydrogens is 249 g/mol. The molecular formula is C11H13F3N2O2. The number of carboxylic acid groups (broad SMARTS) is 1. The van der Waals surface area contributed by atoms with E-state index in [2.05, 4.69) is 5.10 Å². The molecule has 0 amide bonds. The zero-order valence-electron chi connectivity index (χ0n) is 9.79. The highest BCUT2D eigenvalue weighted by molar-refractivity contribution is 5.66. The Kier molecular flexibility index (Phi) is 3.08. The minimum absolute atomic E-state index is 0.0103. The van der Waals surface area contributed by atoms with Gasteiger partial charge in [0.25, 0.3) is 0 Å². The third-order valence-electron chi connectivity index (χ3n) is 3.26. The van der Waals surface area contributed by atoms with Crippen LogP contribution in [0.15, 0.2) is 0 Å². The van der Waals surface area contributed by atoms with Crippen LogP contribution in [0.2, 0.25) is 0 Å². The molecule has 100 valence electrons. The molecule has 1 unspecified atom stereocenters. The van der Waals surface area contributed by atoms with Gasteiger partial charge in [0.15, 0.2) is 0 Å². The van der Waals surface area contributed by atoms with Crippen LogP contribution in [0, 0.1) is 0 Å². The smallest absolute Gasteiger partial charge is 0.433 e. The lowest BCUT2D eigenvalue weighted by atomic mass is 10.1. The predicted molar refractivity (Wildman–Crippen MR) is 56.2 cm³/mol. The SMILES string of the molecule is CCC1CCc2c1nn(CC(=O)O)c2C(F)(F)F. The van der Waals surface area contributed by atoms with Gasteiger partial charge in [-0.15, -0.1) is 0 Å². The lowest BCUT2D eigenvalue weighted by Crippen LogP contribution is -2.20. The Balaban J connectivity index is 2.51. The molecule has 0 aromatic carbocycles. The van der Waals surface area contributed by atoms with Gasteiger partial charge in [-0.3, -0.25) is 4.79 Å². The van der Waals surface area contributed by atoms with E-state index in [1.807, 2.05) is 6.92 Å². The number of hydrogen-bond donors (Lipinski definition) is 1. The van der Waals surface area contributed by atoms with Gasteiger partial charge in [0.1, 0.15) is 12.2 Å². The molecule has 2 rings (SSSR count). The molecule has 1 atom stereocenters. The van der Waals surface area contributed by atoms with Gasteiger partial charge in [0.05, 0.1) is 5.69 Å². The third-order valence-corrected chi connectivity index (χ3v) is 3.26. The van der Waals surface area contributed by atoms with Crippen molar-refractivity contribution in [1.29, 1.82) is 0 Å². The van der Waals surface area contributed by atoms with Crippen molar-refractivity contribution in [3.63, 3.8) is 0 Å². The van der Waals surface area contributed by atoms with Gasteiger partial charge in [-0.1, -0.05) is 6.92 Å². The molecule has 1 aliphatic rings. The van der Waals surface area contributed by atoms with Crippen molar-refractivity contribution in [2.24, 2.45) is 0 Å². The molecule has 18 heavy (non-hydrogen) atoms. The van der Waals surface area contributed by atoms with Gasteiger partial charge in [0, 0.05) is 11.5 Å². The first-order valence-electron chi connectivity index (χ1n) is 5.73. The maximum absolute atomic E-state index is 13.0. The molecule has 7 heteroatoms. The van der Waals surface area contributed by atoms with Gasteiger partial charge in [0.2, 0.25) is 0 Å². The highest BCUT2D eigenvalue weighted by Gasteiger charge is 2.42. The Labute approximate surface area is 101 Å². The minimum Gasteiger partial charge on any atom is -0.480 e. The highest BCUT2D eigenvalue weighted by Crippen LogP contribution is 2.42. The van der Waals surface area contributed by atoms with Crippen LogP contribution in [0.3, 0.4) is 0 Å². The Morgan fingerprint density at radius 2 is 2.22 bits per heavy atom. The summed E-state index contributed by atoms with van der Waals surface area (Å²) in [7, 11) is 0. The number of rotatable bonds is 3. The Morgan fingerprint density at radius 1 is 1.56 bits per heavy atom. The van der Waals surface area contributed by atoms with E-state index in [0.29, 0.717) is 29.6 Å². The second-order valence-corrected chi connectivity index (χ2v) is 4.41. The predicted octanol–water partition coefficient (Wildman–Crippen LogP) is 2.43. The van der Waals surface area contributed by atoms with Gasteiger partial charge in [-0.25, -0.2) is 4.68 Å². The molecule has 0 saturated carbocycles. The summed E-state index contributed by atoms with van der Waals surface area (Å²) < 4.78 is 39.5. The molecule has 0 fully saturated rings. The first kappa shape index (κ1) is 12.9. The Morgan fingerprint density at radius 3 is 2.72 bits per heavy atom. The van der Waals surface area contributed by atoms with Crippen LogP contribution in [-0.2, 0) is 23.9 Å². The number of carbonyl (C=O) groups is 1. The van der Waals surface area contributed by atoms with E-state index < -0.39 is 24.4 Å². The number of nitrogens with zero attached hydrogens (tertiary/aromatic N) is 2. The summed E-state index contributed by atoms with van der Waals surface area (Å²) in [5, 5.41) is 12.5. The van der Waals surface area contributed by atoms with Crippen LogP contribution in [-0.4, -0.2) is 20.9 Å². The molecule has 1 N–H and O–H groups in total. The van der Waals surface area contributed by atoms with E-state index in [1.165, 1.54) is 0 Å². The average molecular weight is 262 g/mol. The summed E-state index contributed by atoms with van der Waals surface area (Å²) in [5.41, 5.74) is -0.294. The zero-order chi connectivity index (χ0) is 13.5. The summed E-state index contributed by atoms with van der Waals surface area (Å²) in [6.07, 6.45) is -2.86. The normalized spacial score (nSPS) is 19.0. The minimum atomic E-state index is -4.56. The number of halogens is 3. The quantitative estimate of drug-likeness (QED) is 0.910. The molecule has 1 aliphatic carbocycles. The molecule has 0 spiro atoms. The van der Waals surface area contributed by atoms with Crippen molar-refractivity contribution in [3.8, 4) is 0 Å². The van der Waals surface area contributed by atoms with Crippen molar-refractivity contribution in [1.82, 2.24) is 9.78 Å². The summed E-state index contributed by atoms with van der Waals surface area (Å²) in [6, 6.07) is 0. The largest absolute Gasteiger partial charge is 0.480 e. The molecule has 0 saturated heterocycles. The lowest BCUT2D eigenvalue weighted by Gasteiger charge is -2.10. The number of aliphatic carboxylic acids is 1. The molecule has 1 aromatic heterocycles. The van der Waals surface area contributed by atoms with Crippen LogP contribution in [0.4, 0.5) is 13.2 Å². The summed E-state index contributed by atoms with van der Waals surface area (Å²) >= 11 is 0. The Bertz CT molecular complexity index is 479. The van der Waals surface area contributed by atoms with Crippen molar-refractivity contribution < 1.29 is 23.1 Å². The van der Waals surface area contributed by atoms with Gasteiger partial charge in [-0.05, 0) is 19.3 Å². The number of hydrogen-bond acceptors (Lipinski definition) is 2. The third kappa shape index (κ3) is 2.09. The number of carboxylic acids is 1. The highest BCUT2D eigenvalue weighted by atomic mass is 19.4. The fourth-order valence-corrected chi connectivity index (χ4v) is 2.50. The molecule has 4 nitrogen and oxygen atoms in total. The lowest BCUT2D eigenvalue weighted by molar-refractivity contribution is -0.147. The van der Waals surface area contributed by atoms with Gasteiger partial charge in [-0.2, -0.15) is 18.3 Å². The van der Waals surface area contributed by atoms with Crippen LogP contribution < -0.4 is 0 Å². The van der Waals surface area contributed by atoms with Gasteiger partial charge < -0.3 is 5.11 Å². The summed E-state index contributed by atoms with van der Waals surface area (Å²) in [5.74, 6) is -1.31. The standard InChI is InChI=1S/C11H13F3N2O2/c1-2-6-3-4-7-9(6)15-16(5-8(17)18)10(7)11(12,13)14/h6H,2-5H2,1H3,(H,17,18). The van der Waals surface area contributed by atoms with Crippen LogP contribution in [0.25, 0.3) is 0 Å².